The number of hydrogen-bond acceptors (Lipinski definition) is 2. The van der Waals surface area contributed by atoms with Crippen molar-refractivity contribution in [3.8, 4) is 0 Å². The molecule has 0 heterocycles. The van der Waals surface area contributed by atoms with Crippen molar-refractivity contribution < 1.29 is 0 Å². The summed E-state index contributed by atoms with van der Waals surface area (Å²) in [6, 6.07) is 6.06. The van der Waals surface area contributed by atoms with Crippen LogP contribution in [0.3, 0.4) is 0 Å². The molecular formula is C15H24N2. The van der Waals surface area contributed by atoms with Crippen molar-refractivity contribution in [2.24, 2.45) is 5.92 Å². The molecule has 0 bridgehead atoms. The summed E-state index contributed by atoms with van der Waals surface area (Å²) in [5, 5.41) is 0. The van der Waals surface area contributed by atoms with Crippen LogP contribution in [-0.4, -0.2) is 6.54 Å². The first-order valence-electron chi connectivity index (χ1n) is 6.40. The lowest BCUT2D eigenvalue weighted by atomic mass is 10.1. The molecule has 0 fully saturated rings. The molecule has 0 aliphatic heterocycles. The van der Waals surface area contributed by atoms with Gasteiger partial charge in [0.2, 0.25) is 0 Å². The molecule has 94 valence electrons. The maximum absolute atomic E-state index is 6.06. The quantitative estimate of drug-likeness (QED) is 0.778. The van der Waals surface area contributed by atoms with Crippen molar-refractivity contribution in [1.82, 2.24) is 0 Å². The van der Waals surface area contributed by atoms with Crippen molar-refractivity contribution in [1.29, 1.82) is 0 Å². The van der Waals surface area contributed by atoms with E-state index in [-0.39, 0.29) is 0 Å². The average Bonchev–Trinajstić information content (AvgIpc) is 2.32. The van der Waals surface area contributed by atoms with Gasteiger partial charge in [0.05, 0.1) is 11.4 Å². The van der Waals surface area contributed by atoms with Crippen LogP contribution in [0.5, 0.6) is 0 Å². The van der Waals surface area contributed by atoms with Crippen LogP contribution in [0.25, 0.3) is 0 Å². The number of benzene rings is 1. The molecule has 0 aliphatic rings. The van der Waals surface area contributed by atoms with E-state index < -0.39 is 0 Å². The highest BCUT2D eigenvalue weighted by Gasteiger charge is 2.08. The van der Waals surface area contributed by atoms with Crippen LogP contribution in [0.2, 0.25) is 0 Å². The second-order valence-electron chi connectivity index (χ2n) is 4.53. The van der Waals surface area contributed by atoms with Gasteiger partial charge in [-0.3, -0.25) is 0 Å². The van der Waals surface area contributed by atoms with Gasteiger partial charge in [-0.05, 0) is 31.4 Å². The van der Waals surface area contributed by atoms with Gasteiger partial charge in [0, 0.05) is 12.7 Å². The lowest BCUT2D eigenvalue weighted by Crippen LogP contribution is -2.18. The summed E-state index contributed by atoms with van der Waals surface area (Å²) in [4.78, 5) is 2.22. The van der Waals surface area contributed by atoms with Crippen molar-refractivity contribution in [2.45, 2.75) is 34.1 Å². The highest BCUT2D eigenvalue weighted by atomic mass is 15.1. The van der Waals surface area contributed by atoms with Gasteiger partial charge in [-0.15, -0.1) is 0 Å². The highest BCUT2D eigenvalue weighted by molar-refractivity contribution is 5.72. The van der Waals surface area contributed by atoms with E-state index in [1.807, 2.05) is 12.1 Å². The van der Waals surface area contributed by atoms with Crippen molar-refractivity contribution in [3.63, 3.8) is 0 Å². The van der Waals surface area contributed by atoms with Crippen LogP contribution in [0.1, 0.15) is 32.8 Å². The van der Waals surface area contributed by atoms with E-state index in [0.29, 0.717) is 5.92 Å². The smallest absolute Gasteiger partial charge is 0.0669 e. The van der Waals surface area contributed by atoms with Crippen LogP contribution < -0.4 is 10.6 Å². The molecule has 2 N–H and O–H groups in total. The fourth-order valence-corrected chi connectivity index (χ4v) is 1.80. The van der Waals surface area contributed by atoms with Gasteiger partial charge in [-0.2, -0.15) is 0 Å². The zero-order valence-electron chi connectivity index (χ0n) is 11.4. The van der Waals surface area contributed by atoms with Gasteiger partial charge < -0.3 is 10.6 Å². The van der Waals surface area contributed by atoms with Gasteiger partial charge in [-0.1, -0.05) is 38.5 Å². The predicted octanol–water partition coefficient (Wildman–Crippen LogP) is 3.96. The molecule has 0 amide bonds. The number of allylic oxidation sites excluding steroid dienone is 1. The Morgan fingerprint density at radius 3 is 2.59 bits per heavy atom. The first-order chi connectivity index (χ1) is 8.10. The molecule has 17 heavy (non-hydrogen) atoms. The number of rotatable bonds is 5. The molecule has 1 rings (SSSR count). The monoisotopic (exact) mass is 232 g/mol. The molecule has 0 saturated heterocycles. The van der Waals surface area contributed by atoms with Crippen LogP contribution in [-0.2, 0) is 0 Å². The third kappa shape index (κ3) is 3.52. The first-order valence-corrected chi connectivity index (χ1v) is 6.40. The molecule has 0 aromatic heterocycles. The van der Waals surface area contributed by atoms with Crippen molar-refractivity contribution in [3.05, 3.63) is 36.0 Å². The van der Waals surface area contributed by atoms with E-state index in [0.717, 1.165) is 24.3 Å². The Hall–Kier alpha value is -1.44. The largest absolute Gasteiger partial charge is 0.397 e. The van der Waals surface area contributed by atoms with E-state index >= 15 is 0 Å². The molecule has 2 heteroatoms. The van der Waals surface area contributed by atoms with E-state index in [2.05, 4.69) is 50.9 Å². The molecular weight excluding hydrogens is 208 g/mol. The molecule has 0 saturated carbocycles. The predicted molar refractivity (Wildman–Crippen MR) is 77.2 cm³/mol. The van der Waals surface area contributed by atoms with Gasteiger partial charge in [0.25, 0.3) is 0 Å². The summed E-state index contributed by atoms with van der Waals surface area (Å²) in [6.45, 7) is 9.61. The Balaban J connectivity index is 2.98. The number of hydrogen-bond donors (Lipinski definition) is 1. The first kappa shape index (κ1) is 13.6. The number of para-hydroxylation sites is 1. The Labute approximate surface area is 105 Å². The normalized spacial score (nSPS) is 12.9. The standard InChI is InChI=1S/C15H24N2/c1-5-12(3)10-11-17(6-2)15-13(4)8-7-9-14(15)16/h7-12H,5-6,16H2,1-4H3/b11-10-. The SMILES string of the molecule is CCC(C)/C=C\N(CC)c1c(C)cccc1N. The zero-order valence-corrected chi connectivity index (χ0v) is 11.4. The Morgan fingerprint density at radius 1 is 1.35 bits per heavy atom. The fraction of sp³-hybridized carbons (Fsp3) is 0.467. The maximum Gasteiger partial charge on any atom is 0.0669 e. The van der Waals surface area contributed by atoms with Gasteiger partial charge in [0.15, 0.2) is 0 Å². The number of nitrogens with two attached hydrogens (primary N) is 1. The fourth-order valence-electron chi connectivity index (χ4n) is 1.80. The van der Waals surface area contributed by atoms with Crippen molar-refractivity contribution >= 4 is 11.4 Å². The minimum atomic E-state index is 0.606. The second-order valence-corrected chi connectivity index (χ2v) is 4.53. The molecule has 0 spiro atoms. The zero-order chi connectivity index (χ0) is 12.8. The Kier molecular flexibility index (Phi) is 5.08. The average molecular weight is 232 g/mol. The Bertz CT molecular complexity index is 362. The summed E-state index contributed by atoms with van der Waals surface area (Å²) < 4.78 is 0. The van der Waals surface area contributed by atoms with E-state index in [4.69, 9.17) is 5.73 Å². The van der Waals surface area contributed by atoms with E-state index in [1.165, 1.54) is 5.56 Å². The summed E-state index contributed by atoms with van der Waals surface area (Å²) >= 11 is 0. The van der Waals surface area contributed by atoms with Gasteiger partial charge in [0.1, 0.15) is 0 Å². The summed E-state index contributed by atoms with van der Waals surface area (Å²) in [5.74, 6) is 0.606. The van der Waals surface area contributed by atoms with E-state index in [1.54, 1.807) is 0 Å². The highest BCUT2D eigenvalue weighted by Crippen LogP contribution is 2.27. The van der Waals surface area contributed by atoms with E-state index in [9.17, 15) is 0 Å². The van der Waals surface area contributed by atoms with Crippen molar-refractivity contribution in [2.75, 3.05) is 17.2 Å². The van der Waals surface area contributed by atoms with Crippen LogP contribution in [0.4, 0.5) is 11.4 Å². The lowest BCUT2D eigenvalue weighted by molar-refractivity contribution is 0.695. The third-order valence-electron chi connectivity index (χ3n) is 3.14. The maximum atomic E-state index is 6.06. The molecule has 1 atom stereocenters. The molecule has 1 aromatic rings. The van der Waals surface area contributed by atoms with Crippen LogP contribution >= 0.6 is 0 Å². The molecule has 1 aromatic carbocycles. The number of nitrogens with zero attached hydrogens (tertiary/aromatic N) is 1. The minimum absolute atomic E-state index is 0.606. The molecule has 0 aliphatic carbocycles. The summed E-state index contributed by atoms with van der Waals surface area (Å²) in [6.07, 6.45) is 5.57. The van der Waals surface area contributed by atoms with Crippen LogP contribution in [0.15, 0.2) is 30.5 Å². The molecule has 1 unspecified atom stereocenters. The lowest BCUT2D eigenvalue weighted by Gasteiger charge is -2.23. The summed E-state index contributed by atoms with van der Waals surface area (Å²) in [7, 11) is 0. The van der Waals surface area contributed by atoms with Gasteiger partial charge >= 0.3 is 0 Å². The minimum Gasteiger partial charge on any atom is -0.397 e. The van der Waals surface area contributed by atoms with Crippen LogP contribution in [0, 0.1) is 12.8 Å². The summed E-state index contributed by atoms with van der Waals surface area (Å²) in [5.41, 5.74) is 9.27. The van der Waals surface area contributed by atoms with Gasteiger partial charge in [-0.25, -0.2) is 0 Å². The number of anilines is 2. The number of aryl methyl sites for hydroxylation is 1. The third-order valence-corrected chi connectivity index (χ3v) is 3.14. The number of nitrogen functional groups attached to an aromatic ring is 1. The second kappa shape index (κ2) is 6.33. The Morgan fingerprint density at radius 2 is 2.06 bits per heavy atom. The molecule has 2 nitrogen and oxygen atoms in total. The molecule has 0 radical (unpaired) electrons. The topological polar surface area (TPSA) is 29.3 Å².